The highest BCUT2D eigenvalue weighted by molar-refractivity contribution is 7.98. The van der Waals surface area contributed by atoms with Crippen LogP contribution < -0.4 is 0 Å². The van der Waals surface area contributed by atoms with Crippen molar-refractivity contribution in [2.24, 2.45) is 0 Å². The van der Waals surface area contributed by atoms with Crippen LogP contribution in [0.2, 0.25) is 0 Å². The molecule has 1 unspecified atom stereocenters. The van der Waals surface area contributed by atoms with Gasteiger partial charge in [0.05, 0.1) is 11.2 Å². The summed E-state index contributed by atoms with van der Waals surface area (Å²) in [6.07, 6.45) is 2.62. The number of thioether (sulfide) groups is 1. The molecular weight excluding hydrogens is 234 g/mol. The maximum Gasteiger partial charge on any atom is 0.255 e. The summed E-state index contributed by atoms with van der Waals surface area (Å²) in [6, 6.07) is 7.61. The lowest BCUT2D eigenvalue weighted by atomic mass is 10.1. The van der Waals surface area contributed by atoms with Gasteiger partial charge in [-0.3, -0.25) is 4.79 Å². The topological polar surface area (TPSA) is 40.5 Å². The second-order valence-electron chi connectivity index (χ2n) is 4.67. The Morgan fingerprint density at radius 1 is 1.47 bits per heavy atom. The molecule has 1 aliphatic heterocycles. The van der Waals surface area contributed by atoms with Gasteiger partial charge in [0, 0.05) is 18.0 Å². The molecule has 0 saturated carbocycles. The van der Waals surface area contributed by atoms with E-state index in [0.717, 1.165) is 10.5 Å². The van der Waals surface area contributed by atoms with Crippen LogP contribution >= 0.6 is 11.8 Å². The number of aliphatic hydroxyl groups is 1. The van der Waals surface area contributed by atoms with Gasteiger partial charge in [-0.25, -0.2) is 0 Å². The molecular formula is C13H17NO2S. The molecule has 17 heavy (non-hydrogen) atoms. The van der Waals surface area contributed by atoms with E-state index in [2.05, 4.69) is 0 Å². The van der Waals surface area contributed by atoms with Gasteiger partial charge >= 0.3 is 0 Å². The van der Waals surface area contributed by atoms with Crippen LogP contribution in [0.5, 0.6) is 0 Å². The van der Waals surface area contributed by atoms with Gasteiger partial charge in [-0.15, -0.1) is 11.8 Å². The van der Waals surface area contributed by atoms with E-state index in [0.29, 0.717) is 19.5 Å². The van der Waals surface area contributed by atoms with Gasteiger partial charge in [-0.2, -0.15) is 0 Å². The summed E-state index contributed by atoms with van der Waals surface area (Å²) in [7, 11) is 0. The molecule has 1 heterocycles. The van der Waals surface area contributed by atoms with Gasteiger partial charge < -0.3 is 10.0 Å². The van der Waals surface area contributed by atoms with Crippen molar-refractivity contribution in [2.45, 2.75) is 23.8 Å². The molecule has 1 N–H and O–H groups in total. The zero-order valence-electron chi connectivity index (χ0n) is 10.1. The minimum Gasteiger partial charge on any atom is -0.388 e. The smallest absolute Gasteiger partial charge is 0.255 e. The van der Waals surface area contributed by atoms with Gasteiger partial charge in [0.1, 0.15) is 0 Å². The van der Waals surface area contributed by atoms with Crippen molar-refractivity contribution >= 4 is 17.7 Å². The fraction of sp³-hybridized carbons (Fsp3) is 0.462. The van der Waals surface area contributed by atoms with Crippen molar-refractivity contribution in [1.82, 2.24) is 4.90 Å². The standard InChI is InChI=1S/C13H17NO2S/c1-13(16)7-8-14(9-13)12(15)10-5-3-4-6-11(10)17-2/h3-6,16H,7-9H2,1-2H3. The zero-order chi connectivity index (χ0) is 12.5. The van der Waals surface area contributed by atoms with E-state index >= 15 is 0 Å². The van der Waals surface area contributed by atoms with Crippen LogP contribution in [0.1, 0.15) is 23.7 Å². The molecule has 1 fully saturated rings. The van der Waals surface area contributed by atoms with Crippen LogP contribution in [0.4, 0.5) is 0 Å². The first-order valence-electron chi connectivity index (χ1n) is 5.68. The average Bonchev–Trinajstić information content (AvgIpc) is 2.68. The number of carbonyl (C=O) groups excluding carboxylic acids is 1. The molecule has 0 bridgehead atoms. The van der Waals surface area contributed by atoms with Crippen molar-refractivity contribution in [2.75, 3.05) is 19.3 Å². The number of hydrogen-bond acceptors (Lipinski definition) is 3. The SMILES string of the molecule is CSc1ccccc1C(=O)N1CCC(C)(O)C1. The first-order chi connectivity index (χ1) is 8.03. The number of likely N-dealkylation sites (tertiary alicyclic amines) is 1. The van der Waals surface area contributed by atoms with Crippen molar-refractivity contribution in [1.29, 1.82) is 0 Å². The number of rotatable bonds is 2. The lowest BCUT2D eigenvalue weighted by molar-refractivity contribution is 0.0570. The Hall–Kier alpha value is -1.00. The Kier molecular flexibility index (Phi) is 3.45. The summed E-state index contributed by atoms with van der Waals surface area (Å²) in [6.45, 7) is 2.84. The van der Waals surface area contributed by atoms with Crippen molar-refractivity contribution in [3.05, 3.63) is 29.8 Å². The van der Waals surface area contributed by atoms with Gasteiger partial charge in [0.2, 0.25) is 0 Å². The third-order valence-corrected chi connectivity index (χ3v) is 3.87. The van der Waals surface area contributed by atoms with E-state index < -0.39 is 5.60 Å². The van der Waals surface area contributed by atoms with Crippen LogP contribution in [0.15, 0.2) is 29.2 Å². The molecule has 1 aromatic carbocycles. The molecule has 92 valence electrons. The van der Waals surface area contributed by atoms with Crippen molar-refractivity contribution < 1.29 is 9.90 Å². The summed E-state index contributed by atoms with van der Waals surface area (Å²) in [4.78, 5) is 15.0. The Bertz CT molecular complexity index is 431. The highest BCUT2D eigenvalue weighted by Crippen LogP contribution is 2.26. The fourth-order valence-corrected chi connectivity index (χ4v) is 2.70. The predicted octanol–water partition coefficient (Wildman–Crippen LogP) is 2.01. The van der Waals surface area contributed by atoms with Crippen LogP contribution in [-0.4, -0.2) is 40.9 Å². The van der Waals surface area contributed by atoms with Crippen LogP contribution in [0.25, 0.3) is 0 Å². The summed E-state index contributed by atoms with van der Waals surface area (Å²) in [5.74, 6) is 0.0210. The third kappa shape index (κ3) is 2.64. The van der Waals surface area contributed by atoms with E-state index in [9.17, 15) is 9.90 Å². The number of nitrogens with zero attached hydrogens (tertiary/aromatic N) is 1. The molecule has 0 aromatic heterocycles. The molecule has 4 heteroatoms. The maximum absolute atomic E-state index is 12.3. The molecule has 1 saturated heterocycles. The first-order valence-corrected chi connectivity index (χ1v) is 6.91. The van der Waals surface area contributed by atoms with E-state index in [1.54, 1.807) is 23.6 Å². The van der Waals surface area contributed by atoms with Gasteiger partial charge in [0.15, 0.2) is 0 Å². The summed E-state index contributed by atoms with van der Waals surface area (Å²) < 4.78 is 0. The number of carbonyl (C=O) groups is 1. The molecule has 0 spiro atoms. The van der Waals surface area contributed by atoms with E-state index in [-0.39, 0.29) is 5.91 Å². The molecule has 1 aromatic rings. The van der Waals surface area contributed by atoms with Crippen LogP contribution in [-0.2, 0) is 0 Å². The normalized spacial score (nSPS) is 24.1. The largest absolute Gasteiger partial charge is 0.388 e. The molecule has 0 radical (unpaired) electrons. The summed E-state index contributed by atoms with van der Waals surface area (Å²) in [5.41, 5.74) is 0.00180. The van der Waals surface area contributed by atoms with Gasteiger partial charge in [-0.05, 0) is 31.7 Å². The molecule has 1 amide bonds. The summed E-state index contributed by atoms with van der Waals surface area (Å²) in [5, 5.41) is 9.89. The fourth-order valence-electron chi connectivity index (χ4n) is 2.11. The van der Waals surface area contributed by atoms with Gasteiger partial charge in [0.25, 0.3) is 5.91 Å². The Balaban J connectivity index is 2.20. The Morgan fingerprint density at radius 2 is 2.18 bits per heavy atom. The second kappa shape index (κ2) is 4.70. The minimum absolute atomic E-state index is 0.0210. The van der Waals surface area contributed by atoms with Gasteiger partial charge in [-0.1, -0.05) is 12.1 Å². The monoisotopic (exact) mass is 251 g/mol. The second-order valence-corrected chi connectivity index (χ2v) is 5.52. The van der Waals surface area contributed by atoms with E-state index in [1.807, 2.05) is 30.5 Å². The highest BCUT2D eigenvalue weighted by Gasteiger charge is 2.34. The molecule has 2 rings (SSSR count). The number of hydrogen-bond donors (Lipinski definition) is 1. The maximum atomic E-state index is 12.3. The number of β-amino-alcohol motifs (C(OH)–C–C–N with tert-alkyl or cyclic N) is 1. The Labute approximate surface area is 106 Å². The average molecular weight is 251 g/mol. The number of amides is 1. The van der Waals surface area contributed by atoms with Crippen LogP contribution in [0.3, 0.4) is 0 Å². The lowest BCUT2D eigenvalue weighted by Gasteiger charge is -2.20. The van der Waals surface area contributed by atoms with Crippen molar-refractivity contribution in [3.8, 4) is 0 Å². The zero-order valence-corrected chi connectivity index (χ0v) is 11.0. The summed E-state index contributed by atoms with van der Waals surface area (Å²) >= 11 is 1.57. The molecule has 3 nitrogen and oxygen atoms in total. The number of benzene rings is 1. The molecule has 0 aliphatic carbocycles. The minimum atomic E-state index is -0.732. The third-order valence-electron chi connectivity index (χ3n) is 3.08. The molecule has 1 aliphatic rings. The predicted molar refractivity (Wildman–Crippen MR) is 69.4 cm³/mol. The van der Waals surface area contributed by atoms with Crippen LogP contribution in [0, 0.1) is 0 Å². The van der Waals surface area contributed by atoms with E-state index in [4.69, 9.17) is 0 Å². The van der Waals surface area contributed by atoms with E-state index in [1.165, 1.54) is 0 Å². The first kappa shape index (κ1) is 12.5. The lowest BCUT2D eigenvalue weighted by Crippen LogP contribution is -2.34. The highest BCUT2D eigenvalue weighted by atomic mass is 32.2. The van der Waals surface area contributed by atoms with Crippen molar-refractivity contribution in [3.63, 3.8) is 0 Å². The molecule has 1 atom stereocenters. The quantitative estimate of drug-likeness (QED) is 0.817. The Morgan fingerprint density at radius 3 is 2.76 bits per heavy atom.